The van der Waals surface area contributed by atoms with Crippen molar-refractivity contribution >= 4 is 34.6 Å². The fourth-order valence-corrected chi connectivity index (χ4v) is 3.81. The van der Waals surface area contributed by atoms with Crippen LogP contribution in [0.3, 0.4) is 0 Å². The van der Waals surface area contributed by atoms with Gasteiger partial charge < -0.3 is 19.4 Å². The number of halogens is 1. The Balaban J connectivity index is 1.49. The number of benzene rings is 2. The number of carbonyl (C=O) groups excluding carboxylic acids is 1. The quantitative estimate of drug-likeness (QED) is 0.667. The van der Waals surface area contributed by atoms with E-state index >= 15 is 0 Å². The second-order valence-corrected chi connectivity index (χ2v) is 7.37. The smallest absolute Gasteiger partial charge is 0.295 e. The number of likely N-dealkylation sites (tertiary alicyclic amines) is 1. The lowest BCUT2D eigenvalue weighted by Gasteiger charge is -2.24. The van der Waals surface area contributed by atoms with Gasteiger partial charge in [0.2, 0.25) is 0 Å². The Kier molecular flexibility index (Phi) is 5.50. The average Bonchev–Trinajstić information content (AvgIpc) is 3.32. The van der Waals surface area contributed by atoms with Crippen LogP contribution in [0.25, 0.3) is 11.1 Å². The number of rotatable bonds is 6. The predicted octanol–water partition coefficient (Wildman–Crippen LogP) is 4.34. The molecule has 0 bridgehead atoms. The van der Waals surface area contributed by atoms with Gasteiger partial charge >= 0.3 is 0 Å². The monoisotopic (exact) mass is 399 g/mol. The number of methoxy groups -OCH3 is 1. The number of aromatic nitrogens is 1. The highest BCUT2D eigenvalue weighted by Gasteiger charge is 2.29. The van der Waals surface area contributed by atoms with Crippen molar-refractivity contribution in [2.75, 3.05) is 25.6 Å². The van der Waals surface area contributed by atoms with E-state index in [0.717, 1.165) is 24.9 Å². The van der Waals surface area contributed by atoms with Crippen molar-refractivity contribution in [1.29, 1.82) is 0 Å². The Morgan fingerprint density at radius 3 is 3.07 bits per heavy atom. The van der Waals surface area contributed by atoms with Crippen molar-refractivity contribution in [3.63, 3.8) is 0 Å². The van der Waals surface area contributed by atoms with Gasteiger partial charge in [0, 0.05) is 30.8 Å². The molecule has 28 heavy (non-hydrogen) atoms. The zero-order valence-corrected chi connectivity index (χ0v) is 16.4. The van der Waals surface area contributed by atoms with Gasteiger partial charge in [0.25, 0.3) is 11.9 Å². The summed E-state index contributed by atoms with van der Waals surface area (Å²) in [4.78, 5) is 19.3. The molecule has 3 aromatic rings. The van der Waals surface area contributed by atoms with Crippen LogP contribution in [0.15, 0.2) is 46.9 Å². The second-order valence-electron chi connectivity index (χ2n) is 6.93. The molecule has 1 aliphatic rings. The third-order valence-electron chi connectivity index (χ3n) is 4.96. The molecule has 0 saturated carbocycles. The van der Waals surface area contributed by atoms with E-state index in [9.17, 15) is 4.79 Å². The molecular weight excluding hydrogens is 378 g/mol. The van der Waals surface area contributed by atoms with Crippen molar-refractivity contribution < 1.29 is 13.9 Å². The summed E-state index contributed by atoms with van der Waals surface area (Å²) in [7, 11) is 1.67. The van der Waals surface area contributed by atoms with E-state index in [-0.39, 0.29) is 11.9 Å². The number of ether oxygens (including phenoxy) is 1. The summed E-state index contributed by atoms with van der Waals surface area (Å²) in [6.45, 7) is 1.87. The molecule has 4 rings (SSSR count). The van der Waals surface area contributed by atoms with E-state index in [2.05, 4.69) is 10.3 Å². The Bertz CT molecular complexity index is 988. The molecule has 1 aliphatic heterocycles. The first-order valence-electron chi connectivity index (χ1n) is 9.33. The van der Waals surface area contributed by atoms with Crippen LogP contribution in [0.5, 0.6) is 0 Å². The number of fused-ring (bicyclic) bond motifs is 1. The molecule has 1 N–H and O–H groups in total. The molecule has 0 radical (unpaired) electrons. The lowest BCUT2D eigenvalue weighted by Crippen LogP contribution is -2.38. The van der Waals surface area contributed by atoms with E-state index in [1.807, 2.05) is 29.2 Å². The van der Waals surface area contributed by atoms with Crippen LogP contribution in [-0.2, 0) is 11.3 Å². The van der Waals surface area contributed by atoms with Gasteiger partial charge in [-0.2, -0.15) is 4.98 Å². The Morgan fingerprint density at radius 2 is 2.25 bits per heavy atom. The Hall–Kier alpha value is -2.57. The molecule has 146 valence electrons. The zero-order chi connectivity index (χ0) is 19.5. The van der Waals surface area contributed by atoms with Gasteiger partial charge in [-0.15, -0.1) is 0 Å². The molecule has 0 spiro atoms. The van der Waals surface area contributed by atoms with Crippen LogP contribution in [0.4, 0.5) is 6.01 Å². The lowest BCUT2D eigenvalue weighted by atomic mass is 10.1. The molecule has 1 aromatic heterocycles. The first kappa shape index (κ1) is 18.8. The average molecular weight is 400 g/mol. The van der Waals surface area contributed by atoms with E-state index in [0.29, 0.717) is 40.9 Å². The van der Waals surface area contributed by atoms with E-state index in [1.165, 1.54) is 0 Å². The van der Waals surface area contributed by atoms with Crippen molar-refractivity contribution in [3.8, 4) is 0 Å². The maximum absolute atomic E-state index is 12.9. The minimum atomic E-state index is 0.0119. The number of carbonyl (C=O) groups is 1. The Labute approximate surface area is 168 Å². The zero-order valence-electron chi connectivity index (χ0n) is 15.7. The highest BCUT2D eigenvalue weighted by Crippen LogP contribution is 2.24. The summed E-state index contributed by atoms with van der Waals surface area (Å²) >= 11 is 6.01. The van der Waals surface area contributed by atoms with Gasteiger partial charge in [-0.05, 0) is 48.7 Å². The van der Waals surface area contributed by atoms with E-state index in [1.54, 1.807) is 25.3 Å². The molecule has 0 unspecified atom stereocenters. The van der Waals surface area contributed by atoms with E-state index < -0.39 is 0 Å². The lowest BCUT2D eigenvalue weighted by molar-refractivity contribution is 0.0631. The molecule has 2 heterocycles. The fourth-order valence-electron chi connectivity index (χ4n) is 3.60. The van der Waals surface area contributed by atoms with Crippen LogP contribution in [-0.4, -0.2) is 42.1 Å². The van der Waals surface area contributed by atoms with Crippen molar-refractivity contribution in [2.24, 2.45) is 0 Å². The van der Waals surface area contributed by atoms with Crippen molar-refractivity contribution in [3.05, 3.63) is 58.6 Å². The summed E-state index contributed by atoms with van der Waals surface area (Å²) in [5.74, 6) is 0.0119. The van der Waals surface area contributed by atoms with Crippen LogP contribution < -0.4 is 5.32 Å². The third-order valence-corrected chi connectivity index (χ3v) is 5.20. The largest absolute Gasteiger partial charge is 0.424 e. The number of anilines is 1. The first-order valence-corrected chi connectivity index (χ1v) is 9.70. The molecule has 1 saturated heterocycles. The molecule has 1 atom stereocenters. The van der Waals surface area contributed by atoms with Crippen LogP contribution in [0, 0.1) is 0 Å². The normalized spacial score (nSPS) is 16.6. The minimum absolute atomic E-state index is 0.0119. The maximum atomic E-state index is 12.9. The number of hydrogen-bond donors (Lipinski definition) is 1. The molecule has 1 amide bonds. The molecule has 6 nitrogen and oxygen atoms in total. The number of hydrogen-bond acceptors (Lipinski definition) is 5. The highest BCUT2D eigenvalue weighted by molar-refractivity contribution is 6.30. The van der Waals surface area contributed by atoms with Gasteiger partial charge in [-0.1, -0.05) is 23.7 Å². The van der Waals surface area contributed by atoms with Crippen LogP contribution in [0.1, 0.15) is 28.8 Å². The first-order chi connectivity index (χ1) is 13.6. The minimum Gasteiger partial charge on any atom is -0.424 e. The summed E-state index contributed by atoms with van der Waals surface area (Å²) in [6, 6.07) is 13.5. The van der Waals surface area contributed by atoms with Crippen molar-refractivity contribution in [2.45, 2.75) is 25.4 Å². The van der Waals surface area contributed by atoms with Gasteiger partial charge in [-0.25, -0.2) is 0 Å². The standard InChI is InChI=1S/C21H22ClN3O3/c1-27-13-17-6-3-9-25(17)20(26)15-7-8-19-18(11-15)24-21(28-19)23-12-14-4-2-5-16(22)10-14/h2,4-5,7-8,10-11,17H,3,6,9,12-13H2,1H3,(H,23,24)/t17-/m1/s1. The van der Waals surface area contributed by atoms with Gasteiger partial charge in [-0.3, -0.25) is 4.79 Å². The fraction of sp³-hybridized carbons (Fsp3) is 0.333. The predicted molar refractivity (Wildman–Crippen MR) is 109 cm³/mol. The maximum Gasteiger partial charge on any atom is 0.295 e. The van der Waals surface area contributed by atoms with Crippen molar-refractivity contribution in [1.82, 2.24) is 9.88 Å². The molecule has 1 fully saturated rings. The van der Waals surface area contributed by atoms with Crippen LogP contribution in [0.2, 0.25) is 5.02 Å². The second kappa shape index (κ2) is 8.20. The molecule has 2 aromatic carbocycles. The Morgan fingerprint density at radius 1 is 1.36 bits per heavy atom. The summed E-state index contributed by atoms with van der Waals surface area (Å²) < 4.78 is 11.0. The summed E-state index contributed by atoms with van der Waals surface area (Å²) in [6.07, 6.45) is 1.98. The number of nitrogens with zero attached hydrogens (tertiary/aromatic N) is 2. The summed E-state index contributed by atoms with van der Waals surface area (Å²) in [5.41, 5.74) is 2.94. The van der Waals surface area contributed by atoms with Gasteiger partial charge in [0.15, 0.2) is 5.58 Å². The third kappa shape index (κ3) is 3.98. The molecule has 0 aliphatic carbocycles. The number of oxazole rings is 1. The molecular formula is C21H22ClN3O3. The van der Waals surface area contributed by atoms with E-state index in [4.69, 9.17) is 20.8 Å². The number of nitrogens with one attached hydrogen (secondary N) is 1. The number of amides is 1. The highest BCUT2D eigenvalue weighted by atomic mass is 35.5. The summed E-state index contributed by atoms with van der Waals surface area (Å²) in [5, 5.41) is 3.85. The topological polar surface area (TPSA) is 67.6 Å². The molecule has 7 heteroatoms. The van der Waals surface area contributed by atoms with Gasteiger partial charge in [0.05, 0.1) is 12.6 Å². The van der Waals surface area contributed by atoms with Gasteiger partial charge in [0.1, 0.15) is 5.52 Å². The SMILES string of the molecule is COC[C@H]1CCCN1C(=O)c1ccc2oc(NCc3cccc(Cl)c3)nc2c1. The van der Waals surface area contributed by atoms with Crippen LogP contribution >= 0.6 is 11.6 Å².